The molecule has 0 aliphatic heterocycles. The van der Waals surface area contributed by atoms with Gasteiger partial charge in [0, 0.05) is 12.1 Å². The lowest BCUT2D eigenvalue weighted by atomic mass is 9.85. The van der Waals surface area contributed by atoms with Gasteiger partial charge in [0.05, 0.1) is 12.7 Å². The van der Waals surface area contributed by atoms with Gasteiger partial charge in [-0.2, -0.15) is 0 Å². The molecule has 3 unspecified atom stereocenters. The quantitative estimate of drug-likeness (QED) is 0.697. The molecule has 0 amide bonds. The molecule has 2 nitrogen and oxygen atoms in total. The number of hydrogen-bond donors (Lipinski definition) is 1. The van der Waals surface area contributed by atoms with Crippen molar-refractivity contribution in [2.24, 2.45) is 11.8 Å². The van der Waals surface area contributed by atoms with Crippen LogP contribution in [0.5, 0.6) is 0 Å². The molecule has 0 aromatic rings. The third-order valence-corrected chi connectivity index (χ3v) is 4.26. The molecular formula is C16H31NO. The van der Waals surface area contributed by atoms with Crippen LogP contribution in [0.15, 0.2) is 12.2 Å². The Balaban J connectivity index is 2.20. The number of nitrogens with one attached hydrogen (secondary N) is 1. The Hall–Kier alpha value is -0.340. The van der Waals surface area contributed by atoms with E-state index in [0.29, 0.717) is 12.0 Å². The topological polar surface area (TPSA) is 21.3 Å². The first-order chi connectivity index (χ1) is 8.44. The monoisotopic (exact) mass is 253 g/mol. The molecule has 1 N–H and O–H groups in total. The van der Waals surface area contributed by atoms with Crippen LogP contribution in [0.4, 0.5) is 0 Å². The highest BCUT2D eigenvalue weighted by Crippen LogP contribution is 2.25. The second kappa shape index (κ2) is 7.30. The van der Waals surface area contributed by atoms with Gasteiger partial charge < -0.3 is 10.1 Å². The van der Waals surface area contributed by atoms with Gasteiger partial charge in [-0.3, -0.25) is 0 Å². The fourth-order valence-electron chi connectivity index (χ4n) is 2.13. The van der Waals surface area contributed by atoms with Crippen molar-refractivity contribution in [1.82, 2.24) is 5.32 Å². The average molecular weight is 253 g/mol. The summed E-state index contributed by atoms with van der Waals surface area (Å²) in [5.74, 6) is 1.47. The van der Waals surface area contributed by atoms with Gasteiger partial charge in [0.1, 0.15) is 0 Å². The summed E-state index contributed by atoms with van der Waals surface area (Å²) in [5.41, 5.74) is 0.221. The van der Waals surface area contributed by atoms with Gasteiger partial charge in [0.2, 0.25) is 0 Å². The van der Waals surface area contributed by atoms with Gasteiger partial charge in [-0.1, -0.05) is 26.0 Å². The second-order valence-corrected chi connectivity index (χ2v) is 6.44. The molecule has 0 fully saturated rings. The molecule has 18 heavy (non-hydrogen) atoms. The molecule has 0 radical (unpaired) electrons. The minimum atomic E-state index is 0.221. The van der Waals surface area contributed by atoms with Crippen LogP contribution in [-0.2, 0) is 4.74 Å². The molecule has 0 saturated carbocycles. The van der Waals surface area contributed by atoms with Crippen LogP contribution in [0.1, 0.15) is 53.9 Å². The maximum absolute atomic E-state index is 6.00. The molecule has 1 aliphatic rings. The van der Waals surface area contributed by atoms with Crippen LogP contribution >= 0.6 is 0 Å². The standard InChI is InChI=1S/C16H31NO/c1-6-16(4,5)17-11-14(3)18-12-15-10-8-7-9-13(15)2/h7-8,13-15,17H,6,9-12H2,1-5H3. The number of rotatable bonds is 7. The van der Waals surface area contributed by atoms with Crippen molar-refractivity contribution in [3.05, 3.63) is 12.2 Å². The first kappa shape index (κ1) is 15.7. The van der Waals surface area contributed by atoms with Crippen molar-refractivity contribution < 1.29 is 4.74 Å². The molecule has 0 bridgehead atoms. The van der Waals surface area contributed by atoms with Crippen LogP contribution in [-0.4, -0.2) is 24.8 Å². The van der Waals surface area contributed by atoms with Gasteiger partial charge in [-0.15, -0.1) is 0 Å². The van der Waals surface area contributed by atoms with E-state index in [1.165, 1.54) is 12.8 Å². The first-order valence-corrected chi connectivity index (χ1v) is 7.46. The van der Waals surface area contributed by atoms with E-state index in [1.54, 1.807) is 0 Å². The SMILES string of the molecule is CCC(C)(C)NCC(C)OCC1CC=CCC1C. The zero-order valence-electron chi connectivity index (χ0n) is 12.8. The summed E-state index contributed by atoms with van der Waals surface area (Å²) in [6.45, 7) is 13.1. The highest BCUT2D eigenvalue weighted by molar-refractivity contribution is 4.93. The zero-order valence-corrected chi connectivity index (χ0v) is 12.8. The maximum Gasteiger partial charge on any atom is 0.0671 e. The summed E-state index contributed by atoms with van der Waals surface area (Å²) in [5, 5.41) is 3.57. The molecule has 0 aromatic carbocycles. The number of hydrogen-bond acceptors (Lipinski definition) is 2. The zero-order chi connectivity index (χ0) is 13.6. The second-order valence-electron chi connectivity index (χ2n) is 6.44. The third kappa shape index (κ3) is 5.53. The smallest absolute Gasteiger partial charge is 0.0671 e. The van der Waals surface area contributed by atoms with Gasteiger partial charge in [0.15, 0.2) is 0 Å². The minimum Gasteiger partial charge on any atom is -0.377 e. The van der Waals surface area contributed by atoms with Crippen molar-refractivity contribution >= 4 is 0 Å². The van der Waals surface area contributed by atoms with E-state index in [-0.39, 0.29) is 5.54 Å². The van der Waals surface area contributed by atoms with Gasteiger partial charge in [-0.25, -0.2) is 0 Å². The molecule has 0 saturated heterocycles. The summed E-state index contributed by atoms with van der Waals surface area (Å²) in [6.07, 6.45) is 8.44. The van der Waals surface area contributed by atoms with Crippen LogP contribution in [0.3, 0.4) is 0 Å². The third-order valence-electron chi connectivity index (χ3n) is 4.26. The highest BCUT2D eigenvalue weighted by Gasteiger charge is 2.20. The predicted octanol–water partition coefficient (Wildman–Crippen LogP) is 3.77. The highest BCUT2D eigenvalue weighted by atomic mass is 16.5. The fraction of sp³-hybridized carbons (Fsp3) is 0.875. The van der Waals surface area contributed by atoms with Gasteiger partial charge in [-0.05, 0) is 51.9 Å². The van der Waals surface area contributed by atoms with E-state index < -0.39 is 0 Å². The Morgan fingerprint density at radius 3 is 2.61 bits per heavy atom. The number of ether oxygens (including phenoxy) is 1. The van der Waals surface area contributed by atoms with E-state index >= 15 is 0 Å². The van der Waals surface area contributed by atoms with Crippen LogP contribution in [0, 0.1) is 11.8 Å². The Labute approximate surface area is 113 Å². The summed E-state index contributed by atoms with van der Waals surface area (Å²) < 4.78 is 6.00. The summed E-state index contributed by atoms with van der Waals surface area (Å²) in [4.78, 5) is 0. The minimum absolute atomic E-state index is 0.221. The summed E-state index contributed by atoms with van der Waals surface area (Å²) >= 11 is 0. The van der Waals surface area contributed by atoms with Crippen molar-refractivity contribution in [3.63, 3.8) is 0 Å². The maximum atomic E-state index is 6.00. The molecule has 1 aliphatic carbocycles. The molecule has 106 valence electrons. The lowest BCUT2D eigenvalue weighted by Crippen LogP contribution is -2.43. The van der Waals surface area contributed by atoms with Gasteiger partial charge in [0.25, 0.3) is 0 Å². The Morgan fingerprint density at radius 1 is 1.33 bits per heavy atom. The molecule has 0 aromatic heterocycles. The molecule has 3 atom stereocenters. The largest absolute Gasteiger partial charge is 0.377 e. The number of allylic oxidation sites excluding steroid dienone is 2. The fourth-order valence-corrected chi connectivity index (χ4v) is 2.13. The van der Waals surface area contributed by atoms with Crippen molar-refractivity contribution in [3.8, 4) is 0 Å². The average Bonchev–Trinajstić information content (AvgIpc) is 2.35. The van der Waals surface area contributed by atoms with Crippen molar-refractivity contribution in [2.75, 3.05) is 13.2 Å². The van der Waals surface area contributed by atoms with Crippen LogP contribution < -0.4 is 5.32 Å². The van der Waals surface area contributed by atoms with Crippen molar-refractivity contribution in [2.45, 2.75) is 65.5 Å². The van der Waals surface area contributed by atoms with E-state index in [9.17, 15) is 0 Å². The molecule has 2 heteroatoms. The van der Waals surface area contributed by atoms with E-state index in [4.69, 9.17) is 4.74 Å². The Bertz CT molecular complexity index is 260. The van der Waals surface area contributed by atoms with Crippen LogP contribution in [0.2, 0.25) is 0 Å². The molecular weight excluding hydrogens is 222 g/mol. The lowest BCUT2D eigenvalue weighted by Gasteiger charge is -2.29. The summed E-state index contributed by atoms with van der Waals surface area (Å²) in [7, 11) is 0. The normalized spacial score (nSPS) is 26.3. The lowest BCUT2D eigenvalue weighted by molar-refractivity contribution is 0.0235. The van der Waals surface area contributed by atoms with E-state index in [2.05, 4.69) is 52.1 Å². The van der Waals surface area contributed by atoms with Gasteiger partial charge >= 0.3 is 0 Å². The molecule has 0 heterocycles. The molecule has 1 rings (SSSR count). The Morgan fingerprint density at radius 2 is 2.00 bits per heavy atom. The van der Waals surface area contributed by atoms with E-state index in [1.807, 2.05) is 0 Å². The van der Waals surface area contributed by atoms with Crippen LogP contribution in [0.25, 0.3) is 0 Å². The Kier molecular flexibility index (Phi) is 6.37. The van der Waals surface area contributed by atoms with E-state index in [0.717, 1.165) is 25.5 Å². The summed E-state index contributed by atoms with van der Waals surface area (Å²) in [6, 6.07) is 0. The van der Waals surface area contributed by atoms with Crippen molar-refractivity contribution in [1.29, 1.82) is 0 Å². The molecule has 0 spiro atoms. The predicted molar refractivity (Wildman–Crippen MR) is 78.8 cm³/mol. The first-order valence-electron chi connectivity index (χ1n) is 7.46.